The van der Waals surface area contributed by atoms with Crippen LogP contribution < -0.4 is 5.73 Å². The third-order valence-electron chi connectivity index (χ3n) is 8.55. The molecule has 4 unspecified atom stereocenters. The predicted octanol–water partition coefficient (Wildman–Crippen LogP) is 7.75. The maximum absolute atomic E-state index is 11.8. The first-order chi connectivity index (χ1) is 19.0. The number of phenolic OH excluding ortho intramolecular Hbond substituents is 1. The lowest BCUT2D eigenvalue weighted by molar-refractivity contribution is -0.133. The van der Waals surface area contributed by atoms with E-state index in [9.17, 15) is 15.0 Å². The molecule has 218 valence electrons. The summed E-state index contributed by atoms with van der Waals surface area (Å²) in [6.07, 6.45) is 24.0. The van der Waals surface area contributed by atoms with Crippen LogP contribution in [0.25, 0.3) is 0 Å². The summed E-state index contributed by atoms with van der Waals surface area (Å²) in [7, 11) is 0. The molecule has 4 N–H and O–H groups in total. The molecule has 1 aromatic rings. The van der Waals surface area contributed by atoms with Crippen LogP contribution in [-0.4, -0.2) is 45.3 Å². The second-order valence-electron chi connectivity index (χ2n) is 11.7. The fourth-order valence-corrected chi connectivity index (χ4v) is 7.69. The highest BCUT2D eigenvalue weighted by atomic mass is 32.2. The molecule has 3 aliphatic rings. The van der Waals surface area contributed by atoms with Gasteiger partial charge in [-0.25, -0.2) is 4.79 Å². The smallest absolute Gasteiger partial charge is 0.334 e. The molecule has 1 heterocycles. The van der Waals surface area contributed by atoms with Crippen molar-refractivity contribution in [2.45, 2.75) is 102 Å². The Morgan fingerprint density at radius 1 is 1.05 bits per heavy atom. The number of aryl methyl sites for hydroxylation is 1. The second-order valence-corrected chi connectivity index (χ2v) is 12.8. The third-order valence-corrected chi connectivity index (χ3v) is 9.92. The van der Waals surface area contributed by atoms with E-state index in [1.807, 2.05) is 18.2 Å². The molecule has 0 spiro atoms. The van der Waals surface area contributed by atoms with Crippen molar-refractivity contribution >= 4 is 17.7 Å². The third kappa shape index (κ3) is 10.9. The molecule has 0 saturated heterocycles. The van der Waals surface area contributed by atoms with Gasteiger partial charge >= 0.3 is 5.97 Å². The summed E-state index contributed by atoms with van der Waals surface area (Å²) in [4.78, 5) is 14.1. The van der Waals surface area contributed by atoms with Crippen LogP contribution in [0.15, 0.2) is 48.2 Å². The molecule has 0 amide bonds. The van der Waals surface area contributed by atoms with Crippen LogP contribution >= 0.6 is 11.8 Å². The maximum atomic E-state index is 11.8. The molecule has 2 saturated carbocycles. The van der Waals surface area contributed by atoms with Crippen molar-refractivity contribution in [3.8, 4) is 5.75 Å². The fourth-order valence-electron chi connectivity index (χ4n) is 6.45. The Hall–Kier alpha value is -1.92. The molecule has 5 nitrogen and oxygen atoms in total. The number of benzene rings is 1. The van der Waals surface area contributed by atoms with Crippen molar-refractivity contribution in [2.75, 3.05) is 18.8 Å². The van der Waals surface area contributed by atoms with E-state index in [0.717, 1.165) is 49.1 Å². The average Bonchev–Trinajstić information content (AvgIpc) is 3.55. The highest BCUT2D eigenvalue weighted by Crippen LogP contribution is 2.49. The van der Waals surface area contributed by atoms with Crippen molar-refractivity contribution < 1.29 is 15.0 Å². The predicted molar refractivity (Wildman–Crippen MR) is 165 cm³/mol. The molecule has 39 heavy (non-hydrogen) atoms. The van der Waals surface area contributed by atoms with Gasteiger partial charge < -0.3 is 20.8 Å². The molecule has 0 aromatic heterocycles. The molecular weight excluding hydrogens is 504 g/mol. The minimum atomic E-state index is -0.812. The van der Waals surface area contributed by atoms with Crippen LogP contribution in [0.4, 0.5) is 0 Å². The Kier molecular flexibility index (Phi) is 14.3. The summed E-state index contributed by atoms with van der Waals surface area (Å²) in [6, 6.07) is 7.38. The molecular formula is C33H52N2O3S. The van der Waals surface area contributed by atoms with E-state index in [-0.39, 0.29) is 5.37 Å². The van der Waals surface area contributed by atoms with Crippen molar-refractivity contribution in [1.29, 1.82) is 0 Å². The molecule has 1 aromatic carbocycles. The molecule has 2 aliphatic carbocycles. The minimum absolute atomic E-state index is 0.106. The number of thioether (sulfide) groups is 1. The number of nitrogens with two attached hydrogens (primary N) is 1. The highest BCUT2D eigenvalue weighted by molar-refractivity contribution is 8.00. The summed E-state index contributed by atoms with van der Waals surface area (Å²) < 4.78 is 0. The number of fused-ring (bicyclic) bond motifs is 2. The molecule has 2 fully saturated rings. The number of aromatic hydroxyl groups is 1. The van der Waals surface area contributed by atoms with Gasteiger partial charge in [-0.3, -0.25) is 0 Å². The van der Waals surface area contributed by atoms with E-state index in [1.54, 1.807) is 30.0 Å². The number of hydrogen-bond donors (Lipinski definition) is 3. The van der Waals surface area contributed by atoms with Gasteiger partial charge in [0.15, 0.2) is 0 Å². The number of allylic oxidation sites excluding steroid dienone is 2. The first-order valence-corrected chi connectivity index (χ1v) is 16.5. The van der Waals surface area contributed by atoms with Gasteiger partial charge in [0.25, 0.3) is 0 Å². The Morgan fingerprint density at radius 3 is 2.46 bits per heavy atom. The van der Waals surface area contributed by atoms with E-state index >= 15 is 0 Å². The summed E-state index contributed by atoms with van der Waals surface area (Å²) in [5.41, 5.74) is 7.01. The van der Waals surface area contributed by atoms with E-state index in [1.165, 1.54) is 77.0 Å². The van der Waals surface area contributed by atoms with Crippen LogP contribution in [0.2, 0.25) is 0 Å². The lowest BCUT2D eigenvalue weighted by Gasteiger charge is -2.36. The average molecular weight is 557 g/mol. The number of phenols is 1. The molecule has 1 aliphatic heterocycles. The van der Waals surface area contributed by atoms with Crippen LogP contribution in [0.5, 0.6) is 5.75 Å². The van der Waals surface area contributed by atoms with E-state index in [2.05, 4.69) is 18.0 Å². The van der Waals surface area contributed by atoms with Gasteiger partial charge in [-0.15, -0.1) is 11.8 Å². The first-order valence-electron chi connectivity index (χ1n) is 15.5. The topological polar surface area (TPSA) is 86.8 Å². The Morgan fingerprint density at radius 2 is 1.82 bits per heavy atom. The normalized spacial score (nSPS) is 23.4. The quantitative estimate of drug-likeness (QED) is 0.181. The summed E-state index contributed by atoms with van der Waals surface area (Å²) in [5, 5.41) is 19.2. The van der Waals surface area contributed by atoms with Gasteiger partial charge in [0.1, 0.15) is 11.1 Å². The second kappa shape index (κ2) is 17.7. The van der Waals surface area contributed by atoms with Crippen molar-refractivity contribution in [3.63, 3.8) is 0 Å². The number of nitrogens with zero attached hydrogens (tertiary/aromatic N) is 1. The van der Waals surface area contributed by atoms with Gasteiger partial charge in [-0.1, -0.05) is 70.4 Å². The molecule has 4 atom stereocenters. The maximum Gasteiger partial charge on any atom is 0.334 e. The zero-order valence-corrected chi connectivity index (χ0v) is 24.9. The van der Waals surface area contributed by atoms with Crippen LogP contribution in [-0.2, 0) is 11.2 Å². The standard InChI is InChI=1S/C23H29NO3S.C10H23N/c25-20-6-1-4-16(14-20)5-3-11-28-22-21(23(26)27)7-2-10-24(22)15-19-13-17-8-9-18(19)12-17;1-2-3-4-5-6-7-8-9-10-11/h1-2,4,6-7,10,14,17-19,22,25H,3,5,8-9,11-13,15H2,(H,26,27);2-11H2,1H3. The van der Waals surface area contributed by atoms with Gasteiger partial charge in [-0.05, 0) is 98.4 Å². The zero-order chi connectivity index (χ0) is 27.9. The Labute approximate surface area is 241 Å². The number of carboxylic acid groups (broad SMARTS) is 1. The molecule has 6 heteroatoms. The van der Waals surface area contributed by atoms with Gasteiger partial charge in [0.2, 0.25) is 0 Å². The van der Waals surface area contributed by atoms with E-state index in [4.69, 9.17) is 5.73 Å². The Bertz CT molecular complexity index is 910. The van der Waals surface area contributed by atoms with Crippen molar-refractivity contribution in [3.05, 3.63) is 53.8 Å². The van der Waals surface area contributed by atoms with E-state index in [0.29, 0.717) is 17.2 Å². The highest BCUT2D eigenvalue weighted by Gasteiger charge is 2.41. The number of carbonyl (C=O) groups is 1. The van der Waals surface area contributed by atoms with Crippen LogP contribution in [0.3, 0.4) is 0 Å². The van der Waals surface area contributed by atoms with Crippen LogP contribution in [0.1, 0.15) is 96.0 Å². The van der Waals surface area contributed by atoms with Gasteiger partial charge in [-0.2, -0.15) is 0 Å². The van der Waals surface area contributed by atoms with Crippen LogP contribution in [0, 0.1) is 17.8 Å². The summed E-state index contributed by atoms with van der Waals surface area (Å²) in [5.74, 6) is 2.85. The van der Waals surface area contributed by atoms with Gasteiger partial charge in [0.05, 0.1) is 5.57 Å². The lowest BCUT2D eigenvalue weighted by Crippen LogP contribution is -2.39. The number of rotatable bonds is 16. The molecule has 0 radical (unpaired) electrons. The zero-order valence-electron chi connectivity index (χ0n) is 24.1. The molecule has 4 rings (SSSR count). The van der Waals surface area contributed by atoms with Gasteiger partial charge in [0, 0.05) is 12.7 Å². The SMILES string of the molecule is CCCCCCCCCCN.O=C(O)C1=CC=CN(CC2CC3CCC2C3)C1SCCCc1cccc(O)c1. The fraction of sp³-hybridized carbons (Fsp3) is 0.667. The lowest BCUT2D eigenvalue weighted by atomic mass is 9.88. The summed E-state index contributed by atoms with van der Waals surface area (Å²) >= 11 is 1.73. The largest absolute Gasteiger partial charge is 0.508 e. The number of carboxylic acids is 1. The monoisotopic (exact) mass is 556 g/mol. The minimum Gasteiger partial charge on any atom is -0.508 e. The van der Waals surface area contributed by atoms with Crippen molar-refractivity contribution in [1.82, 2.24) is 4.90 Å². The summed E-state index contributed by atoms with van der Waals surface area (Å²) in [6.45, 7) is 4.11. The number of hydrogen-bond acceptors (Lipinski definition) is 5. The van der Waals surface area contributed by atoms with E-state index < -0.39 is 5.97 Å². The molecule has 2 bridgehead atoms. The first kappa shape index (κ1) is 31.6. The number of unbranched alkanes of at least 4 members (excludes halogenated alkanes) is 7. The number of aliphatic carboxylic acids is 1. The van der Waals surface area contributed by atoms with Crippen molar-refractivity contribution in [2.24, 2.45) is 23.5 Å². The Balaban J connectivity index is 0.000000325.